The normalized spacial score (nSPS) is 21.9. The topological polar surface area (TPSA) is 35.2 Å². The van der Waals surface area contributed by atoms with Crippen molar-refractivity contribution in [2.45, 2.75) is 32.2 Å². The van der Waals surface area contributed by atoms with E-state index in [0.29, 0.717) is 12.0 Å². The second kappa shape index (κ2) is 4.23. The van der Waals surface area contributed by atoms with Gasteiger partial charge in [0, 0.05) is 6.04 Å². The Morgan fingerprint density at radius 3 is 2.87 bits per heavy atom. The van der Waals surface area contributed by atoms with Crippen molar-refractivity contribution < 1.29 is 4.74 Å². The van der Waals surface area contributed by atoms with Crippen LogP contribution in [0, 0.1) is 5.92 Å². The molecule has 2 unspecified atom stereocenters. The quantitative estimate of drug-likeness (QED) is 0.803. The Labute approximate surface area is 91.4 Å². The molecule has 2 N–H and O–H groups in total. The Balaban J connectivity index is 2.23. The van der Waals surface area contributed by atoms with Gasteiger partial charge in [-0.05, 0) is 55.4 Å². The van der Waals surface area contributed by atoms with Gasteiger partial charge in [0.15, 0.2) is 0 Å². The summed E-state index contributed by atoms with van der Waals surface area (Å²) in [5.41, 5.74) is 8.85. The molecule has 0 fully saturated rings. The molecule has 1 aliphatic carbocycles. The molecule has 0 heterocycles. The lowest BCUT2D eigenvalue weighted by Crippen LogP contribution is -2.31. The summed E-state index contributed by atoms with van der Waals surface area (Å²) >= 11 is 0. The first kappa shape index (κ1) is 10.5. The van der Waals surface area contributed by atoms with Crippen molar-refractivity contribution in [2.24, 2.45) is 11.7 Å². The van der Waals surface area contributed by atoms with E-state index in [9.17, 15) is 0 Å². The number of methoxy groups -OCH3 is 1. The van der Waals surface area contributed by atoms with Crippen molar-refractivity contribution in [1.29, 1.82) is 0 Å². The van der Waals surface area contributed by atoms with Crippen LogP contribution < -0.4 is 10.5 Å². The summed E-state index contributed by atoms with van der Waals surface area (Å²) < 4.78 is 5.24. The molecule has 1 aliphatic rings. The van der Waals surface area contributed by atoms with Crippen LogP contribution in [0.2, 0.25) is 0 Å². The average Bonchev–Trinajstić information content (AvgIpc) is 2.27. The molecule has 2 heteroatoms. The summed E-state index contributed by atoms with van der Waals surface area (Å²) in [6.45, 7) is 2.11. The van der Waals surface area contributed by atoms with Gasteiger partial charge in [0.2, 0.25) is 0 Å². The maximum Gasteiger partial charge on any atom is 0.119 e. The van der Waals surface area contributed by atoms with Gasteiger partial charge in [0.1, 0.15) is 5.75 Å². The minimum Gasteiger partial charge on any atom is -0.497 e. The van der Waals surface area contributed by atoms with Crippen molar-refractivity contribution in [3.05, 3.63) is 29.3 Å². The van der Waals surface area contributed by atoms with Gasteiger partial charge in [-0.1, -0.05) is 6.07 Å². The lowest BCUT2D eigenvalue weighted by molar-refractivity contribution is 0.387. The molecule has 2 atom stereocenters. The van der Waals surface area contributed by atoms with Gasteiger partial charge in [-0.2, -0.15) is 0 Å². The van der Waals surface area contributed by atoms with Crippen LogP contribution >= 0.6 is 0 Å². The van der Waals surface area contributed by atoms with E-state index in [4.69, 9.17) is 10.5 Å². The minimum absolute atomic E-state index is 0.296. The lowest BCUT2D eigenvalue weighted by atomic mass is 9.81. The van der Waals surface area contributed by atoms with E-state index in [1.165, 1.54) is 17.5 Å². The summed E-state index contributed by atoms with van der Waals surface area (Å²) in [5, 5.41) is 0. The van der Waals surface area contributed by atoms with E-state index in [1.54, 1.807) is 7.11 Å². The number of rotatable bonds is 2. The molecule has 0 amide bonds. The predicted molar refractivity (Wildman–Crippen MR) is 62.2 cm³/mol. The Morgan fingerprint density at radius 2 is 2.20 bits per heavy atom. The second-order valence-corrected chi connectivity index (χ2v) is 4.50. The molecule has 0 spiro atoms. The Bertz CT molecular complexity index is 346. The number of hydrogen-bond donors (Lipinski definition) is 1. The Hall–Kier alpha value is -1.02. The smallest absolute Gasteiger partial charge is 0.119 e. The highest BCUT2D eigenvalue weighted by Crippen LogP contribution is 2.29. The van der Waals surface area contributed by atoms with E-state index in [1.807, 2.05) is 6.07 Å². The Morgan fingerprint density at radius 1 is 1.40 bits per heavy atom. The van der Waals surface area contributed by atoms with Gasteiger partial charge in [-0.15, -0.1) is 0 Å². The zero-order valence-electron chi connectivity index (χ0n) is 9.49. The van der Waals surface area contributed by atoms with Crippen molar-refractivity contribution in [1.82, 2.24) is 0 Å². The van der Waals surface area contributed by atoms with Crippen molar-refractivity contribution >= 4 is 0 Å². The summed E-state index contributed by atoms with van der Waals surface area (Å²) in [4.78, 5) is 0. The first-order valence-electron chi connectivity index (χ1n) is 5.62. The highest BCUT2D eigenvalue weighted by Gasteiger charge is 2.21. The average molecular weight is 205 g/mol. The monoisotopic (exact) mass is 205 g/mol. The maximum absolute atomic E-state index is 5.96. The van der Waals surface area contributed by atoms with Crippen LogP contribution in [0.5, 0.6) is 5.75 Å². The van der Waals surface area contributed by atoms with Gasteiger partial charge in [0.05, 0.1) is 7.11 Å². The highest BCUT2D eigenvalue weighted by molar-refractivity contribution is 5.37. The molecule has 0 radical (unpaired) electrons. The second-order valence-electron chi connectivity index (χ2n) is 4.50. The van der Waals surface area contributed by atoms with Crippen LogP contribution in [0.15, 0.2) is 18.2 Å². The molecule has 2 rings (SSSR count). The molecule has 0 bridgehead atoms. The highest BCUT2D eigenvalue weighted by atomic mass is 16.5. The molecular formula is C13H19NO. The van der Waals surface area contributed by atoms with Gasteiger partial charge in [0.25, 0.3) is 0 Å². The number of benzene rings is 1. The Kier molecular flexibility index (Phi) is 2.96. The van der Waals surface area contributed by atoms with Crippen LogP contribution in [-0.4, -0.2) is 13.2 Å². The van der Waals surface area contributed by atoms with Gasteiger partial charge in [-0.25, -0.2) is 0 Å². The molecule has 0 saturated heterocycles. The van der Waals surface area contributed by atoms with Crippen LogP contribution in [0.4, 0.5) is 0 Å². The SMILES string of the molecule is COc1ccc2c(c1)CC(C(C)N)CC2. The molecule has 82 valence electrons. The molecule has 2 nitrogen and oxygen atoms in total. The fourth-order valence-electron chi connectivity index (χ4n) is 2.34. The van der Waals surface area contributed by atoms with E-state index >= 15 is 0 Å². The van der Waals surface area contributed by atoms with Crippen LogP contribution in [-0.2, 0) is 12.8 Å². The number of hydrogen-bond acceptors (Lipinski definition) is 2. The first-order valence-corrected chi connectivity index (χ1v) is 5.62. The molecule has 1 aromatic carbocycles. The molecule has 0 aromatic heterocycles. The summed E-state index contributed by atoms with van der Waals surface area (Å²) in [6, 6.07) is 6.69. The van der Waals surface area contributed by atoms with Gasteiger partial charge < -0.3 is 10.5 Å². The van der Waals surface area contributed by atoms with Crippen LogP contribution in [0.3, 0.4) is 0 Å². The third kappa shape index (κ3) is 2.15. The number of aryl methyl sites for hydroxylation is 1. The fourth-order valence-corrected chi connectivity index (χ4v) is 2.34. The number of fused-ring (bicyclic) bond motifs is 1. The van der Waals surface area contributed by atoms with Crippen LogP contribution in [0.1, 0.15) is 24.5 Å². The lowest BCUT2D eigenvalue weighted by Gasteiger charge is -2.27. The third-order valence-electron chi connectivity index (χ3n) is 3.42. The zero-order valence-corrected chi connectivity index (χ0v) is 9.49. The third-order valence-corrected chi connectivity index (χ3v) is 3.42. The van der Waals surface area contributed by atoms with E-state index in [0.717, 1.165) is 18.6 Å². The largest absolute Gasteiger partial charge is 0.497 e. The van der Waals surface area contributed by atoms with Gasteiger partial charge >= 0.3 is 0 Å². The fraction of sp³-hybridized carbons (Fsp3) is 0.538. The van der Waals surface area contributed by atoms with E-state index in [2.05, 4.69) is 19.1 Å². The number of ether oxygens (including phenoxy) is 1. The maximum atomic E-state index is 5.96. The molecular weight excluding hydrogens is 186 g/mol. The van der Waals surface area contributed by atoms with Crippen LogP contribution in [0.25, 0.3) is 0 Å². The zero-order chi connectivity index (χ0) is 10.8. The van der Waals surface area contributed by atoms with Gasteiger partial charge in [-0.3, -0.25) is 0 Å². The summed E-state index contributed by atoms with van der Waals surface area (Å²) in [5.74, 6) is 1.59. The summed E-state index contributed by atoms with van der Waals surface area (Å²) in [6.07, 6.45) is 3.48. The number of nitrogens with two attached hydrogens (primary N) is 1. The first-order chi connectivity index (χ1) is 7.20. The molecule has 15 heavy (non-hydrogen) atoms. The van der Waals surface area contributed by atoms with Crippen molar-refractivity contribution in [3.63, 3.8) is 0 Å². The summed E-state index contributed by atoms with van der Waals surface area (Å²) in [7, 11) is 1.72. The van der Waals surface area contributed by atoms with E-state index in [-0.39, 0.29) is 0 Å². The van der Waals surface area contributed by atoms with Crippen molar-refractivity contribution in [3.8, 4) is 5.75 Å². The predicted octanol–water partition coefficient (Wildman–Crippen LogP) is 2.15. The minimum atomic E-state index is 0.296. The van der Waals surface area contributed by atoms with E-state index < -0.39 is 0 Å². The standard InChI is InChI=1S/C13H19NO/c1-9(14)11-4-3-10-5-6-13(15-2)8-12(10)7-11/h5-6,8-9,11H,3-4,7,14H2,1-2H3. The molecule has 0 saturated carbocycles. The molecule has 0 aliphatic heterocycles. The van der Waals surface area contributed by atoms with Crippen molar-refractivity contribution in [2.75, 3.05) is 7.11 Å². The molecule has 1 aromatic rings.